The first-order valence-electron chi connectivity index (χ1n) is 13.3. The highest BCUT2D eigenvalue weighted by molar-refractivity contribution is 5.79. The molecule has 0 spiro atoms. The van der Waals surface area contributed by atoms with Crippen LogP contribution in [-0.2, 0) is 24.1 Å². The van der Waals surface area contributed by atoms with E-state index in [0.717, 1.165) is 17.2 Å². The van der Waals surface area contributed by atoms with Crippen molar-refractivity contribution in [1.29, 1.82) is 0 Å². The van der Waals surface area contributed by atoms with Gasteiger partial charge >= 0.3 is 12.1 Å². The van der Waals surface area contributed by atoms with Gasteiger partial charge in [0.25, 0.3) is 5.89 Å². The van der Waals surface area contributed by atoms with Crippen LogP contribution in [0.2, 0.25) is 0 Å². The highest BCUT2D eigenvalue weighted by Gasteiger charge is 2.34. The average Bonchev–Trinajstić information content (AvgIpc) is 3.60. The van der Waals surface area contributed by atoms with Crippen molar-refractivity contribution in [3.63, 3.8) is 0 Å². The Hall–Kier alpha value is -3.98. The molecule has 2 aromatic carbocycles. The molecular weight excluding hydrogens is 519 g/mol. The number of rotatable bonds is 8. The van der Waals surface area contributed by atoms with Crippen LogP contribution in [0.15, 0.2) is 71.8 Å². The standard InChI is InChI=1S/C27H24F3N3O3.2C2H6/c1-3-5-17(6-4-2)22-10-9-19(14-23(22)27(28,29)30)26-31-25(32-36-26)18-7-8-20-15-33(12-11-24(34)35)16-21(20)13-18;2*1-2/h3-10,13-14H,1,11-12,15-16H2,2H3,(H,34,35);2*1-2H3/b6-4-,17-5+;;. The Labute approximate surface area is 233 Å². The van der Waals surface area contributed by atoms with Gasteiger partial charge in [-0.3, -0.25) is 9.69 Å². The number of nitrogens with zero attached hydrogens (tertiary/aromatic N) is 3. The summed E-state index contributed by atoms with van der Waals surface area (Å²) in [5.41, 5.74) is 2.53. The molecule has 0 unspecified atom stereocenters. The minimum atomic E-state index is -4.59. The minimum absolute atomic E-state index is 0.0223. The van der Waals surface area contributed by atoms with Gasteiger partial charge in [0, 0.05) is 30.8 Å². The predicted molar refractivity (Wildman–Crippen MR) is 152 cm³/mol. The van der Waals surface area contributed by atoms with Gasteiger partial charge in [-0.2, -0.15) is 18.2 Å². The second kappa shape index (κ2) is 15.0. The third-order valence-electron chi connectivity index (χ3n) is 5.85. The first-order chi connectivity index (χ1) is 19.2. The van der Waals surface area contributed by atoms with Crippen molar-refractivity contribution in [3.8, 4) is 22.8 Å². The fourth-order valence-electron chi connectivity index (χ4n) is 4.18. The summed E-state index contributed by atoms with van der Waals surface area (Å²) in [4.78, 5) is 17.2. The van der Waals surface area contributed by atoms with Crippen molar-refractivity contribution in [2.24, 2.45) is 0 Å². The Bertz CT molecular complexity index is 1360. The Morgan fingerprint density at radius 2 is 1.75 bits per heavy atom. The molecule has 3 aromatic rings. The van der Waals surface area contributed by atoms with E-state index in [-0.39, 0.29) is 29.3 Å². The maximum atomic E-state index is 13.9. The monoisotopic (exact) mass is 555 g/mol. The largest absolute Gasteiger partial charge is 0.481 e. The van der Waals surface area contributed by atoms with Crippen LogP contribution in [0, 0.1) is 0 Å². The van der Waals surface area contributed by atoms with Crippen molar-refractivity contribution < 1.29 is 27.6 Å². The number of aromatic nitrogens is 2. The number of carbonyl (C=O) groups is 1. The summed E-state index contributed by atoms with van der Waals surface area (Å²) in [6.07, 6.45) is 1.68. The van der Waals surface area contributed by atoms with E-state index in [1.54, 1.807) is 19.1 Å². The molecule has 1 aliphatic heterocycles. The SMILES string of the molecule is C=C/C=C(\C=C/C)c1ccc(-c2nc(-c3ccc4c(c3)CN(CCC(=O)O)C4)no2)cc1C(F)(F)F.CC.CC. The lowest BCUT2D eigenvalue weighted by atomic mass is 9.96. The Morgan fingerprint density at radius 3 is 2.38 bits per heavy atom. The van der Waals surface area contributed by atoms with Gasteiger partial charge in [0.05, 0.1) is 12.0 Å². The van der Waals surface area contributed by atoms with Gasteiger partial charge in [-0.1, -0.05) is 81.9 Å². The number of carboxylic acids is 1. The Kier molecular flexibility index (Phi) is 12.1. The van der Waals surface area contributed by atoms with Crippen molar-refractivity contribution >= 4 is 11.5 Å². The van der Waals surface area contributed by atoms with Crippen LogP contribution in [0.25, 0.3) is 28.4 Å². The summed E-state index contributed by atoms with van der Waals surface area (Å²) in [6, 6.07) is 9.56. The Balaban J connectivity index is 0.00000134. The summed E-state index contributed by atoms with van der Waals surface area (Å²) in [7, 11) is 0. The van der Waals surface area contributed by atoms with E-state index in [1.165, 1.54) is 24.3 Å². The minimum Gasteiger partial charge on any atom is -0.481 e. The third kappa shape index (κ3) is 8.02. The summed E-state index contributed by atoms with van der Waals surface area (Å²) in [6.45, 7) is 15.0. The fourth-order valence-corrected chi connectivity index (χ4v) is 4.18. The van der Waals surface area contributed by atoms with E-state index in [1.807, 2.05) is 50.8 Å². The number of alkyl halides is 3. The summed E-state index contributed by atoms with van der Waals surface area (Å²) in [5, 5.41) is 12.9. The lowest BCUT2D eigenvalue weighted by Crippen LogP contribution is -2.20. The number of carboxylic acid groups (broad SMARTS) is 1. The number of benzene rings is 2. The summed E-state index contributed by atoms with van der Waals surface area (Å²) >= 11 is 0. The van der Waals surface area contributed by atoms with E-state index >= 15 is 0 Å². The number of aliphatic carboxylic acids is 1. The zero-order valence-corrected chi connectivity index (χ0v) is 23.5. The van der Waals surface area contributed by atoms with Gasteiger partial charge in [-0.25, -0.2) is 0 Å². The summed E-state index contributed by atoms with van der Waals surface area (Å²) in [5.74, 6) is -0.607. The van der Waals surface area contributed by atoms with Crippen molar-refractivity contribution in [2.75, 3.05) is 6.54 Å². The molecule has 214 valence electrons. The zero-order chi connectivity index (χ0) is 29.9. The number of hydrogen-bond donors (Lipinski definition) is 1. The molecule has 0 aliphatic carbocycles. The number of allylic oxidation sites excluding steroid dienone is 5. The number of hydrogen-bond acceptors (Lipinski definition) is 5. The molecule has 0 amide bonds. The first-order valence-corrected chi connectivity index (χ1v) is 13.3. The van der Waals surface area contributed by atoms with Crippen molar-refractivity contribution in [3.05, 3.63) is 89.5 Å². The second-order valence-electron chi connectivity index (χ2n) is 8.38. The number of fused-ring (bicyclic) bond motifs is 1. The first kappa shape index (κ1) is 32.2. The lowest BCUT2D eigenvalue weighted by molar-refractivity contribution is -0.138. The van der Waals surface area contributed by atoms with Gasteiger partial charge in [0.1, 0.15) is 0 Å². The van der Waals surface area contributed by atoms with Gasteiger partial charge < -0.3 is 9.63 Å². The molecular formula is C31H36F3N3O3. The molecule has 0 radical (unpaired) electrons. The molecule has 1 aromatic heterocycles. The molecule has 2 heterocycles. The molecule has 0 saturated heterocycles. The van der Waals surface area contributed by atoms with Crippen LogP contribution >= 0.6 is 0 Å². The maximum absolute atomic E-state index is 13.9. The lowest BCUT2D eigenvalue weighted by Gasteiger charge is -2.14. The smallest absolute Gasteiger partial charge is 0.417 e. The molecule has 0 saturated carbocycles. The third-order valence-corrected chi connectivity index (χ3v) is 5.85. The maximum Gasteiger partial charge on any atom is 0.417 e. The van der Waals surface area contributed by atoms with Gasteiger partial charge in [-0.05, 0) is 47.4 Å². The number of halogens is 3. The summed E-state index contributed by atoms with van der Waals surface area (Å²) < 4.78 is 47.1. The molecule has 0 bridgehead atoms. The topological polar surface area (TPSA) is 79.5 Å². The molecule has 0 fully saturated rings. The highest BCUT2D eigenvalue weighted by Crippen LogP contribution is 2.38. The Morgan fingerprint density at radius 1 is 1.07 bits per heavy atom. The quantitative estimate of drug-likeness (QED) is 0.281. The van der Waals surface area contributed by atoms with E-state index in [2.05, 4.69) is 16.7 Å². The predicted octanol–water partition coefficient (Wildman–Crippen LogP) is 8.41. The van der Waals surface area contributed by atoms with Crippen LogP contribution in [-0.4, -0.2) is 32.7 Å². The fraction of sp³-hybridized carbons (Fsp3) is 0.323. The van der Waals surface area contributed by atoms with Crippen LogP contribution in [0.1, 0.15) is 63.3 Å². The molecule has 9 heteroatoms. The van der Waals surface area contributed by atoms with Gasteiger partial charge in [-0.15, -0.1) is 0 Å². The molecule has 0 atom stereocenters. The van der Waals surface area contributed by atoms with E-state index < -0.39 is 17.7 Å². The highest BCUT2D eigenvalue weighted by atomic mass is 19.4. The normalized spacial score (nSPS) is 13.2. The second-order valence-corrected chi connectivity index (χ2v) is 8.38. The van der Waals surface area contributed by atoms with Crippen molar-refractivity contribution in [1.82, 2.24) is 15.0 Å². The van der Waals surface area contributed by atoms with Gasteiger partial charge in [0.15, 0.2) is 0 Å². The molecule has 1 N–H and O–H groups in total. The average molecular weight is 556 g/mol. The van der Waals surface area contributed by atoms with Crippen LogP contribution in [0.3, 0.4) is 0 Å². The van der Waals surface area contributed by atoms with Gasteiger partial charge in [0.2, 0.25) is 5.82 Å². The molecule has 1 aliphatic rings. The van der Waals surface area contributed by atoms with Crippen LogP contribution in [0.5, 0.6) is 0 Å². The zero-order valence-electron chi connectivity index (χ0n) is 23.5. The van der Waals surface area contributed by atoms with E-state index in [0.29, 0.717) is 30.8 Å². The van der Waals surface area contributed by atoms with Crippen molar-refractivity contribution in [2.45, 2.75) is 60.3 Å². The molecule has 4 rings (SSSR count). The molecule has 6 nitrogen and oxygen atoms in total. The van der Waals surface area contributed by atoms with E-state index in [9.17, 15) is 18.0 Å². The van der Waals surface area contributed by atoms with Crippen LogP contribution < -0.4 is 0 Å². The van der Waals surface area contributed by atoms with Crippen LogP contribution in [0.4, 0.5) is 13.2 Å². The van der Waals surface area contributed by atoms with E-state index in [4.69, 9.17) is 9.63 Å². The molecule has 40 heavy (non-hydrogen) atoms.